The Hall–Kier alpha value is -7.29. The van der Waals surface area contributed by atoms with Crippen LogP contribution >= 0.6 is 11.3 Å². The molecule has 11 rings (SSSR count). The topological polar surface area (TPSA) is 82.5 Å². The van der Waals surface area contributed by atoms with Gasteiger partial charge in [0.25, 0.3) is 0 Å². The number of oxazole rings is 1. The number of fused-ring (bicyclic) bond motifs is 5. The van der Waals surface area contributed by atoms with E-state index in [-0.39, 0.29) is 0 Å². The minimum atomic E-state index is 0.608. The third kappa shape index (κ3) is 5.47. The molecule has 0 aliphatic carbocycles. The second-order valence-corrected chi connectivity index (χ2v) is 14.4. The zero-order valence-corrected chi connectivity index (χ0v) is 30.0. The molecule has 8 heteroatoms. The van der Waals surface area contributed by atoms with E-state index in [9.17, 15) is 0 Å². The van der Waals surface area contributed by atoms with Crippen molar-refractivity contribution in [2.45, 2.75) is 0 Å². The minimum absolute atomic E-state index is 0.608. The molecule has 0 N–H and O–H groups in total. The highest BCUT2D eigenvalue weighted by molar-refractivity contribution is 7.21. The van der Waals surface area contributed by atoms with Crippen LogP contribution in [0.3, 0.4) is 0 Å². The van der Waals surface area contributed by atoms with Crippen LogP contribution in [0.5, 0.6) is 0 Å². The second-order valence-electron chi connectivity index (χ2n) is 13.4. The standard InChI is InChI=1S/C47H28N6OS/c1-3-12-29(13-4-1)43-50-44(30-14-5-2-6-15-30)52-45(51-43)31-23-25-42-38(28-31)49-47(55-42)33-16-11-17-34(26-33)53-39-20-9-7-18-35(39)36-27-32(22-24-40(36)53)46-48-37-19-8-10-21-41(37)54-46/h1-28H. The summed E-state index contributed by atoms with van der Waals surface area (Å²) in [5, 5.41) is 3.24. The highest BCUT2D eigenvalue weighted by Gasteiger charge is 2.18. The average molecular weight is 725 g/mol. The van der Waals surface area contributed by atoms with E-state index in [0.29, 0.717) is 23.4 Å². The molecule has 11 aromatic rings. The summed E-state index contributed by atoms with van der Waals surface area (Å²) in [6.07, 6.45) is 0. The molecule has 0 aliphatic rings. The number of nitrogens with zero attached hydrogens (tertiary/aromatic N) is 6. The number of thiazole rings is 1. The van der Waals surface area contributed by atoms with Crippen molar-refractivity contribution in [3.8, 4) is 61.9 Å². The Morgan fingerprint density at radius 2 is 1.07 bits per heavy atom. The molecule has 0 bridgehead atoms. The van der Waals surface area contributed by atoms with E-state index in [1.54, 1.807) is 11.3 Å². The molecule has 7 nitrogen and oxygen atoms in total. The van der Waals surface area contributed by atoms with E-state index in [1.807, 2.05) is 84.9 Å². The lowest BCUT2D eigenvalue weighted by Crippen LogP contribution is -2.00. The summed E-state index contributed by atoms with van der Waals surface area (Å²) in [5.74, 6) is 2.49. The maximum Gasteiger partial charge on any atom is 0.227 e. The first kappa shape index (κ1) is 31.3. The summed E-state index contributed by atoms with van der Waals surface area (Å²) >= 11 is 1.68. The first-order valence-electron chi connectivity index (χ1n) is 18.0. The van der Waals surface area contributed by atoms with Gasteiger partial charge < -0.3 is 8.98 Å². The molecule has 0 radical (unpaired) electrons. The first-order valence-corrected chi connectivity index (χ1v) is 18.8. The van der Waals surface area contributed by atoms with E-state index in [4.69, 9.17) is 29.3 Å². The Morgan fingerprint density at radius 3 is 1.85 bits per heavy atom. The van der Waals surface area contributed by atoms with Crippen LogP contribution in [0.15, 0.2) is 174 Å². The summed E-state index contributed by atoms with van der Waals surface area (Å²) in [6, 6.07) is 57.8. The van der Waals surface area contributed by atoms with Gasteiger partial charge in [-0.15, -0.1) is 11.3 Å². The molecular formula is C47H28N6OS. The molecule has 0 amide bonds. The van der Waals surface area contributed by atoms with Crippen molar-refractivity contribution in [2.75, 3.05) is 0 Å². The highest BCUT2D eigenvalue weighted by Crippen LogP contribution is 2.38. The molecule has 258 valence electrons. The van der Waals surface area contributed by atoms with Gasteiger partial charge in [0.15, 0.2) is 23.1 Å². The quantitative estimate of drug-likeness (QED) is 0.170. The monoisotopic (exact) mass is 724 g/mol. The van der Waals surface area contributed by atoms with Crippen LogP contribution < -0.4 is 0 Å². The largest absolute Gasteiger partial charge is 0.436 e. The van der Waals surface area contributed by atoms with Crippen LogP contribution in [0.2, 0.25) is 0 Å². The normalized spacial score (nSPS) is 11.6. The second kappa shape index (κ2) is 12.7. The third-order valence-electron chi connectivity index (χ3n) is 9.91. The predicted molar refractivity (Wildman–Crippen MR) is 222 cm³/mol. The first-order chi connectivity index (χ1) is 27.2. The SMILES string of the molecule is c1ccc(-c2nc(-c3ccccc3)nc(-c3ccc4sc(-c5cccc(-n6c7ccccc7c7cc(-c8nc9ccccc9o8)ccc76)c5)nc4c3)n2)cc1. The number of rotatable bonds is 6. The fraction of sp³-hybridized carbons (Fsp3) is 0. The number of hydrogen-bond acceptors (Lipinski definition) is 7. The lowest BCUT2D eigenvalue weighted by molar-refractivity contribution is 0.620. The van der Waals surface area contributed by atoms with Gasteiger partial charge in [0.1, 0.15) is 10.5 Å². The van der Waals surface area contributed by atoms with Crippen molar-refractivity contribution >= 4 is 54.5 Å². The van der Waals surface area contributed by atoms with Gasteiger partial charge >= 0.3 is 0 Å². The van der Waals surface area contributed by atoms with E-state index in [1.165, 1.54) is 0 Å². The molecule has 4 heterocycles. The average Bonchev–Trinajstić information content (AvgIpc) is 3.98. The molecule has 7 aromatic carbocycles. The smallest absolute Gasteiger partial charge is 0.227 e. The van der Waals surface area contributed by atoms with E-state index >= 15 is 0 Å². The highest BCUT2D eigenvalue weighted by atomic mass is 32.1. The molecule has 0 spiro atoms. The Morgan fingerprint density at radius 1 is 0.418 bits per heavy atom. The molecule has 0 atom stereocenters. The van der Waals surface area contributed by atoms with Crippen molar-refractivity contribution in [3.05, 3.63) is 170 Å². The lowest BCUT2D eigenvalue weighted by Gasteiger charge is -2.09. The van der Waals surface area contributed by atoms with Gasteiger partial charge in [0.2, 0.25) is 5.89 Å². The molecule has 0 saturated heterocycles. The number of para-hydroxylation sites is 3. The van der Waals surface area contributed by atoms with Crippen molar-refractivity contribution < 1.29 is 4.42 Å². The molecule has 55 heavy (non-hydrogen) atoms. The van der Waals surface area contributed by atoms with Crippen molar-refractivity contribution in [3.63, 3.8) is 0 Å². The van der Waals surface area contributed by atoms with Crippen molar-refractivity contribution in [2.24, 2.45) is 0 Å². The van der Waals surface area contributed by atoms with E-state index in [2.05, 4.69) is 89.5 Å². The summed E-state index contributed by atoms with van der Waals surface area (Å²) < 4.78 is 9.56. The lowest BCUT2D eigenvalue weighted by atomic mass is 10.1. The zero-order valence-electron chi connectivity index (χ0n) is 29.2. The molecular weight excluding hydrogens is 697 g/mol. The van der Waals surface area contributed by atoms with Crippen LogP contribution in [0.1, 0.15) is 0 Å². The van der Waals surface area contributed by atoms with Crippen LogP contribution in [0.25, 0.3) is 105 Å². The Bertz CT molecular complexity index is 3130. The maximum absolute atomic E-state index is 6.14. The number of aromatic nitrogens is 6. The van der Waals surface area contributed by atoms with Gasteiger partial charge in [-0.1, -0.05) is 103 Å². The van der Waals surface area contributed by atoms with Gasteiger partial charge in [-0.05, 0) is 66.7 Å². The predicted octanol–water partition coefficient (Wildman–Crippen LogP) is 12.1. The van der Waals surface area contributed by atoms with Crippen LogP contribution in [0.4, 0.5) is 0 Å². The van der Waals surface area contributed by atoms with Crippen LogP contribution in [0, 0.1) is 0 Å². The van der Waals surface area contributed by atoms with Gasteiger partial charge in [0.05, 0.1) is 21.3 Å². The van der Waals surface area contributed by atoms with Crippen LogP contribution in [-0.4, -0.2) is 29.5 Å². The Kier molecular flexibility index (Phi) is 7.21. The maximum atomic E-state index is 6.14. The Balaban J connectivity index is 0.985. The summed E-state index contributed by atoms with van der Waals surface area (Å²) in [4.78, 5) is 24.7. The van der Waals surface area contributed by atoms with Gasteiger partial charge in [-0.25, -0.2) is 24.9 Å². The fourth-order valence-corrected chi connectivity index (χ4v) is 8.23. The molecule has 4 aromatic heterocycles. The minimum Gasteiger partial charge on any atom is -0.436 e. The molecule has 0 fully saturated rings. The summed E-state index contributed by atoms with van der Waals surface area (Å²) in [5.41, 5.74) is 10.6. The van der Waals surface area contributed by atoms with Crippen molar-refractivity contribution in [1.29, 1.82) is 0 Å². The van der Waals surface area contributed by atoms with Gasteiger partial charge in [-0.3, -0.25) is 0 Å². The van der Waals surface area contributed by atoms with E-state index in [0.717, 1.165) is 81.6 Å². The summed E-state index contributed by atoms with van der Waals surface area (Å²) in [7, 11) is 0. The number of benzene rings is 7. The van der Waals surface area contributed by atoms with E-state index < -0.39 is 0 Å². The summed E-state index contributed by atoms with van der Waals surface area (Å²) in [6.45, 7) is 0. The number of hydrogen-bond donors (Lipinski definition) is 0. The molecule has 0 unspecified atom stereocenters. The van der Waals surface area contributed by atoms with Gasteiger partial charge in [0, 0.05) is 44.3 Å². The van der Waals surface area contributed by atoms with Gasteiger partial charge in [-0.2, -0.15) is 0 Å². The molecule has 0 aliphatic heterocycles. The third-order valence-corrected chi connectivity index (χ3v) is 11.0. The van der Waals surface area contributed by atoms with Crippen LogP contribution in [-0.2, 0) is 0 Å². The fourth-order valence-electron chi connectivity index (χ4n) is 7.29. The Labute approximate surface area is 318 Å². The van der Waals surface area contributed by atoms with Crippen molar-refractivity contribution in [1.82, 2.24) is 29.5 Å². The molecule has 0 saturated carbocycles. The zero-order chi connectivity index (χ0) is 36.3.